The number of hydrogen-bond acceptors (Lipinski definition) is 4. The summed E-state index contributed by atoms with van der Waals surface area (Å²) in [7, 11) is -3.84. The van der Waals surface area contributed by atoms with E-state index in [1.807, 2.05) is 0 Å². The molecule has 10 heteroatoms. The molecule has 0 radical (unpaired) electrons. The van der Waals surface area contributed by atoms with E-state index < -0.39 is 15.9 Å². The molecule has 152 valence electrons. The minimum Gasteiger partial charge on any atom is -0.348 e. The maximum Gasteiger partial charge on any atom is 0.262 e. The lowest BCUT2D eigenvalue weighted by molar-refractivity contribution is 0.0948. The van der Waals surface area contributed by atoms with E-state index in [4.69, 9.17) is 17.0 Å². The number of hydrogen-bond donors (Lipinski definition) is 4. The van der Waals surface area contributed by atoms with Crippen molar-refractivity contribution in [1.82, 2.24) is 10.3 Å². The molecule has 0 aliphatic heterocycles. The average Bonchev–Trinajstić information content (AvgIpc) is 2.68. The first-order chi connectivity index (χ1) is 13.4. The summed E-state index contributed by atoms with van der Waals surface area (Å²) in [6.45, 7) is -0.0311. The number of halogens is 2. The zero-order valence-corrected chi connectivity index (χ0v) is 17.4. The lowest BCUT2D eigenvalue weighted by Crippen LogP contribution is -2.29. The van der Waals surface area contributed by atoms with Crippen LogP contribution in [-0.4, -0.2) is 19.3 Å². The van der Waals surface area contributed by atoms with Gasteiger partial charge in [-0.15, -0.1) is 12.4 Å². The van der Waals surface area contributed by atoms with Gasteiger partial charge in [-0.1, -0.05) is 48.0 Å². The molecule has 0 spiro atoms. The highest BCUT2D eigenvalue weighted by molar-refractivity contribution is 7.92. The van der Waals surface area contributed by atoms with E-state index in [1.54, 1.807) is 48.5 Å². The molecule has 0 fully saturated rings. The summed E-state index contributed by atoms with van der Waals surface area (Å²) in [6.07, 6.45) is 1.40. The molecular formula is C19H18Cl2N4O3S. The lowest BCUT2D eigenvalue weighted by atomic mass is 10.2. The van der Waals surface area contributed by atoms with Crippen molar-refractivity contribution in [1.29, 1.82) is 5.41 Å². The number of sulfonamides is 1. The first kappa shape index (κ1) is 22.5. The number of para-hydroxylation sites is 1. The van der Waals surface area contributed by atoms with Crippen LogP contribution in [-0.2, 0) is 16.6 Å². The molecule has 0 bridgehead atoms. The Balaban J connectivity index is 0.00000300. The quantitative estimate of drug-likeness (QED) is 0.459. The number of H-pyrrole nitrogens is 1. The summed E-state index contributed by atoms with van der Waals surface area (Å²) in [5, 5.41) is 10.7. The van der Waals surface area contributed by atoms with Crippen LogP contribution in [0.1, 0.15) is 15.9 Å². The predicted octanol–water partition coefficient (Wildman–Crippen LogP) is 3.30. The number of aromatic amines is 1. The fourth-order valence-electron chi connectivity index (χ4n) is 2.55. The van der Waals surface area contributed by atoms with E-state index in [0.717, 1.165) is 0 Å². The molecule has 7 nitrogen and oxygen atoms in total. The first-order valence-corrected chi connectivity index (χ1v) is 10.1. The van der Waals surface area contributed by atoms with E-state index in [2.05, 4.69) is 15.0 Å². The minimum atomic E-state index is -3.84. The Morgan fingerprint density at radius 3 is 2.45 bits per heavy atom. The Kier molecular flexibility index (Phi) is 7.44. The predicted molar refractivity (Wildman–Crippen MR) is 114 cm³/mol. The maximum atomic E-state index is 12.8. The Hall–Kier alpha value is -2.81. The lowest BCUT2D eigenvalue weighted by Gasteiger charge is -2.13. The van der Waals surface area contributed by atoms with Crippen LogP contribution < -0.4 is 15.5 Å². The van der Waals surface area contributed by atoms with Crippen molar-refractivity contribution in [2.24, 2.45) is 0 Å². The third kappa shape index (κ3) is 5.60. The van der Waals surface area contributed by atoms with Gasteiger partial charge in [0.2, 0.25) is 0 Å². The zero-order chi connectivity index (χ0) is 20.1. The molecule has 3 aromatic rings. The van der Waals surface area contributed by atoms with Gasteiger partial charge in [-0.05, 0) is 29.8 Å². The molecule has 0 saturated carbocycles. The van der Waals surface area contributed by atoms with Gasteiger partial charge < -0.3 is 10.3 Å². The smallest absolute Gasteiger partial charge is 0.262 e. The molecule has 0 saturated heterocycles. The number of carbonyl (C=O) groups is 1. The van der Waals surface area contributed by atoms with Crippen LogP contribution in [0.2, 0.25) is 5.02 Å². The first-order valence-electron chi connectivity index (χ1n) is 8.23. The van der Waals surface area contributed by atoms with Crippen molar-refractivity contribution in [2.75, 3.05) is 4.72 Å². The summed E-state index contributed by atoms with van der Waals surface area (Å²) in [4.78, 5) is 15.0. The Morgan fingerprint density at radius 1 is 1.07 bits per heavy atom. The van der Waals surface area contributed by atoms with Crippen LogP contribution in [0.5, 0.6) is 0 Å². The summed E-state index contributed by atoms with van der Waals surface area (Å²) < 4.78 is 28.0. The molecule has 0 aliphatic carbocycles. The fourth-order valence-corrected chi connectivity index (χ4v) is 4.01. The van der Waals surface area contributed by atoms with Gasteiger partial charge >= 0.3 is 0 Å². The average molecular weight is 453 g/mol. The second-order valence-electron chi connectivity index (χ2n) is 5.87. The summed E-state index contributed by atoms with van der Waals surface area (Å²) in [6, 6.07) is 16.3. The maximum absolute atomic E-state index is 12.8. The number of anilines is 1. The number of aromatic nitrogens is 1. The van der Waals surface area contributed by atoms with Gasteiger partial charge in [0.05, 0.1) is 15.5 Å². The van der Waals surface area contributed by atoms with Crippen molar-refractivity contribution < 1.29 is 13.2 Å². The Morgan fingerprint density at radius 2 is 1.72 bits per heavy atom. The van der Waals surface area contributed by atoms with Gasteiger partial charge in [-0.2, -0.15) is 0 Å². The van der Waals surface area contributed by atoms with E-state index in [0.29, 0.717) is 11.3 Å². The van der Waals surface area contributed by atoms with Crippen LogP contribution in [0.4, 0.5) is 5.69 Å². The number of pyridine rings is 1. The van der Waals surface area contributed by atoms with E-state index in [-0.39, 0.29) is 39.9 Å². The molecule has 29 heavy (non-hydrogen) atoms. The van der Waals surface area contributed by atoms with Crippen LogP contribution in [0.25, 0.3) is 0 Å². The monoisotopic (exact) mass is 452 g/mol. The largest absolute Gasteiger partial charge is 0.348 e. The van der Waals surface area contributed by atoms with Crippen LogP contribution >= 0.6 is 24.0 Å². The number of carbonyl (C=O) groups excluding carboxylic acids is 1. The normalized spacial score (nSPS) is 10.7. The van der Waals surface area contributed by atoms with Gasteiger partial charge in [0, 0.05) is 18.4 Å². The third-order valence-electron chi connectivity index (χ3n) is 3.88. The van der Waals surface area contributed by atoms with Gasteiger partial charge in [0.1, 0.15) is 5.49 Å². The van der Waals surface area contributed by atoms with Crippen molar-refractivity contribution in [3.8, 4) is 0 Å². The third-order valence-corrected chi connectivity index (χ3v) is 5.58. The summed E-state index contributed by atoms with van der Waals surface area (Å²) in [5.74, 6) is -0.535. The topological polar surface area (TPSA) is 115 Å². The highest BCUT2D eigenvalue weighted by atomic mass is 35.5. The second kappa shape index (κ2) is 9.60. The second-order valence-corrected chi connectivity index (χ2v) is 7.96. The highest BCUT2D eigenvalue weighted by Gasteiger charge is 2.19. The molecule has 0 aliphatic rings. The molecule has 0 unspecified atom stereocenters. The number of rotatable bonds is 6. The van der Waals surface area contributed by atoms with Gasteiger partial charge in [0.25, 0.3) is 15.9 Å². The highest BCUT2D eigenvalue weighted by Crippen LogP contribution is 2.19. The van der Waals surface area contributed by atoms with Crippen LogP contribution in [0.15, 0.2) is 71.8 Å². The number of amides is 1. The molecule has 1 amide bonds. The van der Waals surface area contributed by atoms with Crippen molar-refractivity contribution in [2.45, 2.75) is 11.4 Å². The SMILES string of the molecule is Cl.N=c1[nH]cc(Cl)cc1C(=O)NCc1ccccc1S(=O)(=O)Nc1ccccc1. The van der Waals surface area contributed by atoms with Crippen LogP contribution in [0, 0.1) is 5.41 Å². The molecule has 1 heterocycles. The Bertz CT molecular complexity index is 1170. The number of benzene rings is 2. The van der Waals surface area contributed by atoms with Gasteiger partial charge in [-0.3, -0.25) is 14.9 Å². The zero-order valence-electron chi connectivity index (χ0n) is 15.0. The molecule has 4 N–H and O–H groups in total. The van der Waals surface area contributed by atoms with E-state index >= 15 is 0 Å². The fraction of sp³-hybridized carbons (Fsp3) is 0.0526. The van der Waals surface area contributed by atoms with E-state index in [9.17, 15) is 13.2 Å². The van der Waals surface area contributed by atoms with Crippen molar-refractivity contribution in [3.63, 3.8) is 0 Å². The van der Waals surface area contributed by atoms with E-state index in [1.165, 1.54) is 18.3 Å². The summed E-state index contributed by atoms with van der Waals surface area (Å²) in [5.41, 5.74) is 0.829. The standard InChI is InChI=1S/C19H17ClN4O3S.ClH/c20-14-10-16(18(21)22-12-14)19(25)23-11-13-6-4-5-9-17(13)28(26,27)24-15-7-2-1-3-8-15;/h1-10,12,24H,11H2,(H2,21,22)(H,23,25);1H. The molecular weight excluding hydrogens is 435 g/mol. The molecule has 0 atom stereocenters. The van der Waals surface area contributed by atoms with Crippen molar-refractivity contribution >= 4 is 45.6 Å². The van der Waals surface area contributed by atoms with Crippen LogP contribution in [0.3, 0.4) is 0 Å². The molecule has 2 aromatic carbocycles. The Labute approximate surface area is 179 Å². The minimum absolute atomic E-state index is 0. The summed E-state index contributed by atoms with van der Waals surface area (Å²) >= 11 is 5.86. The van der Waals surface area contributed by atoms with Gasteiger partial charge in [0.15, 0.2) is 0 Å². The van der Waals surface area contributed by atoms with Gasteiger partial charge in [-0.25, -0.2) is 8.42 Å². The van der Waals surface area contributed by atoms with Crippen molar-refractivity contribution in [3.05, 3.63) is 88.5 Å². The number of nitrogens with one attached hydrogen (secondary N) is 4. The molecule has 3 rings (SSSR count). The molecule has 1 aromatic heterocycles.